The molecule has 1 rings (SSSR count). The Kier molecular flexibility index (Phi) is 5.41. The highest BCUT2D eigenvalue weighted by Crippen LogP contribution is 2.17. The van der Waals surface area contributed by atoms with Gasteiger partial charge in [0, 0.05) is 6.20 Å². The Bertz CT molecular complexity index is 296. The molecule has 6 heteroatoms. The zero-order valence-electron chi connectivity index (χ0n) is 6.53. The van der Waals surface area contributed by atoms with E-state index >= 15 is 0 Å². The zero-order valence-corrected chi connectivity index (χ0v) is 8.93. The number of nitrogens with one attached hydrogen (secondary N) is 1. The monoisotopic (exact) mass is 266 g/mol. The van der Waals surface area contributed by atoms with Crippen molar-refractivity contribution in [3.63, 3.8) is 0 Å². The number of rotatable bonds is 3. The van der Waals surface area contributed by atoms with Crippen LogP contribution in [0.25, 0.3) is 0 Å². The third-order valence-electron chi connectivity index (χ3n) is 1.17. The van der Waals surface area contributed by atoms with Crippen molar-refractivity contribution < 1.29 is 9.90 Å². The summed E-state index contributed by atoms with van der Waals surface area (Å²) in [4.78, 5) is 14.1. The molecule has 0 aliphatic carbocycles. The van der Waals surface area contributed by atoms with Crippen LogP contribution in [0.2, 0.25) is 0 Å². The summed E-state index contributed by atoms with van der Waals surface area (Å²) in [6.45, 7) is -0.129. The van der Waals surface area contributed by atoms with Gasteiger partial charge in [-0.25, -0.2) is 4.98 Å². The number of carbonyl (C=O) groups is 1. The van der Waals surface area contributed by atoms with E-state index in [0.717, 1.165) is 4.47 Å². The highest BCUT2D eigenvalue weighted by atomic mass is 79.9. The second-order valence-corrected chi connectivity index (χ2v) is 2.94. The van der Waals surface area contributed by atoms with Gasteiger partial charge in [-0.05, 0) is 28.1 Å². The number of carboxylic acid groups (broad SMARTS) is 1. The fraction of sp³-hybridized carbons (Fsp3) is 0.143. The fourth-order valence-corrected chi connectivity index (χ4v) is 1.07. The lowest BCUT2D eigenvalue weighted by atomic mass is 10.4. The van der Waals surface area contributed by atoms with Crippen LogP contribution in [0.15, 0.2) is 22.8 Å². The van der Waals surface area contributed by atoms with Crippen molar-refractivity contribution in [2.75, 3.05) is 11.9 Å². The van der Waals surface area contributed by atoms with Gasteiger partial charge in [0.2, 0.25) is 0 Å². The minimum atomic E-state index is -0.910. The second-order valence-electron chi connectivity index (χ2n) is 2.08. The van der Waals surface area contributed by atoms with Crippen LogP contribution in [0.4, 0.5) is 5.82 Å². The zero-order chi connectivity index (χ0) is 8.97. The number of aromatic nitrogens is 1. The van der Waals surface area contributed by atoms with Crippen LogP contribution in [-0.2, 0) is 4.79 Å². The van der Waals surface area contributed by atoms with Gasteiger partial charge in [-0.15, -0.1) is 12.4 Å². The first-order valence-corrected chi connectivity index (χ1v) is 4.05. The molecule has 13 heavy (non-hydrogen) atoms. The Morgan fingerprint density at radius 3 is 2.92 bits per heavy atom. The number of hydrogen-bond donors (Lipinski definition) is 2. The molecular formula is C7H8BrClN2O2. The van der Waals surface area contributed by atoms with Crippen LogP contribution in [0.1, 0.15) is 0 Å². The molecular weight excluding hydrogens is 259 g/mol. The van der Waals surface area contributed by atoms with Crippen molar-refractivity contribution in [2.45, 2.75) is 0 Å². The maximum Gasteiger partial charge on any atom is 0.322 e. The summed E-state index contributed by atoms with van der Waals surface area (Å²) in [6.07, 6.45) is 1.59. The predicted octanol–water partition coefficient (Wildman–Crippen LogP) is 1.76. The molecule has 1 heterocycles. The molecule has 2 N–H and O–H groups in total. The maximum atomic E-state index is 10.2. The van der Waals surface area contributed by atoms with Crippen molar-refractivity contribution in [1.82, 2.24) is 4.98 Å². The summed E-state index contributed by atoms with van der Waals surface area (Å²) < 4.78 is 0.756. The van der Waals surface area contributed by atoms with Gasteiger partial charge < -0.3 is 10.4 Å². The van der Waals surface area contributed by atoms with E-state index in [1.54, 1.807) is 18.3 Å². The largest absolute Gasteiger partial charge is 0.480 e. The lowest BCUT2D eigenvalue weighted by molar-refractivity contribution is -0.134. The second kappa shape index (κ2) is 5.77. The Balaban J connectivity index is 0.00000144. The third-order valence-corrected chi connectivity index (χ3v) is 1.81. The van der Waals surface area contributed by atoms with Gasteiger partial charge in [-0.2, -0.15) is 0 Å². The molecule has 1 aromatic rings. The van der Waals surface area contributed by atoms with Gasteiger partial charge >= 0.3 is 5.97 Å². The van der Waals surface area contributed by atoms with Crippen LogP contribution in [0, 0.1) is 0 Å². The summed E-state index contributed by atoms with van der Waals surface area (Å²) >= 11 is 3.23. The maximum absolute atomic E-state index is 10.2. The topological polar surface area (TPSA) is 62.2 Å². The quantitative estimate of drug-likeness (QED) is 0.876. The summed E-state index contributed by atoms with van der Waals surface area (Å²) in [7, 11) is 0. The first-order chi connectivity index (χ1) is 5.70. The van der Waals surface area contributed by atoms with Gasteiger partial charge in [0.1, 0.15) is 12.4 Å². The molecule has 0 spiro atoms. The lowest BCUT2D eigenvalue weighted by Crippen LogP contribution is -2.13. The summed E-state index contributed by atoms with van der Waals surface area (Å²) in [5.74, 6) is -0.368. The Hall–Kier alpha value is -0.810. The van der Waals surface area contributed by atoms with Crippen molar-refractivity contribution in [1.29, 1.82) is 0 Å². The SMILES string of the molecule is Cl.O=C(O)CNc1ncccc1Br. The van der Waals surface area contributed by atoms with E-state index in [0.29, 0.717) is 5.82 Å². The van der Waals surface area contributed by atoms with Crippen molar-refractivity contribution >= 4 is 40.1 Å². The summed E-state index contributed by atoms with van der Waals surface area (Å²) in [6, 6.07) is 3.55. The van der Waals surface area contributed by atoms with E-state index < -0.39 is 5.97 Å². The summed E-state index contributed by atoms with van der Waals surface area (Å²) in [5, 5.41) is 11.0. The highest BCUT2D eigenvalue weighted by Gasteiger charge is 2.00. The molecule has 0 bridgehead atoms. The highest BCUT2D eigenvalue weighted by molar-refractivity contribution is 9.10. The van der Waals surface area contributed by atoms with Crippen molar-refractivity contribution in [3.05, 3.63) is 22.8 Å². The normalized spacial score (nSPS) is 8.69. The number of pyridine rings is 1. The lowest BCUT2D eigenvalue weighted by Gasteiger charge is -2.02. The average Bonchev–Trinajstić information content (AvgIpc) is 2.03. The van der Waals surface area contributed by atoms with Gasteiger partial charge in [-0.3, -0.25) is 4.79 Å². The van der Waals surface area contributed by atoms with Gasteiger partial charge in [0.15, 0.2) is 0 Å². The Morgan fingerprint density at radius 1 is 1.69 bits per heavy atom. The molecule has 4 nitrogen and oxygen atoms in total. The molecule has 0 fully saturated rings. The van der Waals surface area contributed by atoms with Crippen molar-refractivity contribution in [2.24, 2.45) is 0 Å². The van der Waals surface area contributed by atoms with E-state index in [1.165, 1.54) is 0 Å². The molecule has 72 valence electrons. The molecule has 0 unspecified atom stereocenters. The molecule has 1 aromatic heterocycles. The molecule has 0 amide bonds. The number of halogens is 2. The smallest absolute Gasteiger partial charge is 0.322 e. The van der Waals surface area contributed by atoms with Crippen molar-refractivity contribution in [3.8, 4) is 0 Å². The number of aliphatic carboxylic acids is 1. The van der Waals surface area contributed by atoms with Crippen LogP contribution in [0.5, 0.6) is 0 Å². The average molecular weight is 268 g/mol. The van der Waals surface area contributed by atoms with Gasteiger partial charge in [0.05, 0.1) is 4.47 Å². The first-order valence-electron chi connectivity index (χ1n) is 3.26. The summed E-state index contributed by atoms with van der Waals surface area (Å²) in [5.41, 5.74) is 0. The van der Waals surface area contributed by atoms with E-state index in [2.05, 4.69) is 26.2 Å². The molecule has 0 saturated carbocycles. The molecule has 0 aliphatic rings. The molecule has 0 saturated heterocycles. The number of anilines is 1. The minimum Gasteiger partial charge on any atom is -0.480 e. The standard InChI is InChI=1S/C7H7BrN2O2.ClH/c8-5-2-1-3-9-7(5)10-4-6(11)12;/h1-3H,4H2,(H,9,10)(H,11,12);1H. The van der Waals surface area contributed by atoms with Gasteiger partial charge in [0.25, 0.3) is 0 Å². The Labute approximate surface area is 89.9 Å². The van der Waals surface area contributed by atoms with E-state index in [1.807, 2.05) is 0 Å². The molecule has 0 aromatic carbocycles. The van der Waals surface area contributed by atoms with Crippen LogP contribution in [0.3, 0.4) is 0 Å². The third kappa shape index (κ3) is 4.10. The molecule has 0 aliphatic heterocycles. The van der Waals surface area contributed by atoms with E-state index in [4.69, 9.17) is 5.11 Å². The fourth-order valence-electron chi connectivity index (χ4n) is 0.675. The number of carboxylic acids is 1. The van der Waals surface area contributed by atoms with Gasteiger partial charge in [-0.1, -0.05) is 0 Å². The number of nitrogens with zero attached hydrogens (tertiary/aromatic N) is 1. The van der Waals surface area contributed by atoms with E-state index in [-0.39, 0.29) is 19.0 Å². The molecule has 0 atom stereocenters. The predicted molar refractivity (Wildman–Crippen MR) is 55.3 cm³/mol. The van der Waals surface area contributed by atoms with E-state index in [9.17, 15) is 4.79 Å². The Morgan fingerprint density at radius 2 is 2.38 bits per heavy atom. The van der Waals surface area contributed by atoms with Crippen LogP contribution in [-0.4, -0.2) is 22.6 Å². The number of hydrogen-bond acceptors (Lipinski definition) is 3. The van der Waals surface area contributed by atoms with Crippen LogP contribution < -0.4 is 5.32 Å². The first kappa shape index (κ1) is 12.2. The van der Waals surface area contributed by atoms with Crippen LogP contribution >= 0.6 is 28.3 Å². The minimum absolute atomic E-state index is 0. The molecule has 0 radical (unpaired) electrons.